The molecule has 2 aliphatic rings. The molecule has 1 unspecified atom stereocenters. The molecule has 4 heteroatoms. The van der Waals surface area contributed by atoms with Crippen molar-refractivity contribution in [3.05, 3.63) is 21.9 Å². The number of thiophene rings is 1. The van der Waals surface area contributed by atoms with Crippen molar-refractivity contribution >= 4 is 17.3 Å². The van der Waals surface area contributed by atoms with Crippen molar-refractivity contribution in [2.75, 3.05) is 0 Å². The van der Waals surface area contributed by atoms with Crippen LogP contribution in [0.25, 0.3) is 0 Å². The van der Waals surface area contributed by atoms with Crippen LogP contribution in [0.3, 0.4) is 0 Å². The van der Waals surface area contributed by atoms with Crippen molar-refractivity contribution in [1.82, 2.24) is 0 Å². The smallest absolute Gasteiger partial charge is 0.341 e. The van der Waals surface area contributed by atoms with E-state index in [4.69, 9.17) is 0 Å². The number of carboxylic acids is 1. The van der Waals surface area contributed by atoms with E-state index >= 15 is 0 Å². The van der Waals surface area contributed by atoms with E-state index in [-0.39, 0.29) is 5.92 Å². The molecule has 3 rings (SSSR count). The maximum Gasteiger partial charge on any atom is 0.341 e. The van der Waals surface area contributed by atoms with Gasteiger partial charge in [-0.25, -0.2) is 4.79 Å². The molecule has 21 heavy (non-hydrogen) atoms. The Bertz CT molecular complexity index is 498. The zero-order valence-electron chi connectivity index (χ0n) is 12.4. The Hall–Kier alpha value is -0.870. The summed E-state index contributed by atoms with van der Waals surface area (Å²) < 4.78 is 0. The molecule has 0 aromatic carbocycles. The third-order valence-electron chi connectivity index (χ3n) is 5.36. The van der Waals surface area contributed by atoms with Gasteiger partial charge in [-0.2, -0.15) is 0 Å². The van der Waals surface area contributed by atoms with E-state index in [1.54, 1.807) is 0 Å². The second kappa shape index (κ2) is 6.09. The van der Waals surface area contributed by atoms with Crippen LogP contribution >= 0.6 is 11.3 Å². The number of carboxylic acid groups (broad SMARTS) is 1. The third-order valence-corrected chi connectivity index (χ3v) is 6.41. The summed E-state index contributed by atoms with van der Waals surface area (Å²) in [5.74, 6) is -0.753. The van der Waals surface area contributed by atoms with Gasteiger partial charge in [0.05, 0.1) is 4.88 Å². The number of carbonyl (C=O) groups is 1. The molecule has 0 spiro atoms. The van der Waals surface area contributed by atoms with E-state index in [0.717, 1.165) is 44.1 Å². The van der Waals surface area contributed by atoms with Crippen molar-refractivity contribution in [2.24, 2.45) is 5.92 Å². The molecule has 1 aromatic heterocycles. The fourth-order valence-corrected chi connectivity index (χ4v) is 5.32. The maximum atomic E-state index is 11.9. The van der Waals surface area contributed by atoms with E-state index in [1.807, 2.05) is 5.38 Å². The van der Waals surface area contributed by atoms with Crippen molar-refractivity contribution in [3.63, 3.8) is 0 Å². The van der Waals surface area contributed by atoms with Gasteiger partial charge in [-0.1, -0.05) is 32.1 Å². The predicted octanol–water partition coefficient (Wildman–Crippen LogP) is 4.26. The molecule has 116 valence electrons. The van der Waals surface area contributed by atoms with Crippen molar-refractivity contribution in [3.8, 4) is 0 Å². The van der Waals surface area contributed by atoms with E-state index < -0.39 is 11.6 Å². The zero-order valence-corrected chi connectivity index (χ0v) is 13.2. The molecule has 2 saturated carbocycles. The molecule has 0 saturated heterocycles. The van der Waals surface area contributed by atoms with Crippen LogP contribution in [0, 0.1) is 5.92 Å². The quantitative estimate of drug-likeness (QED) is 0.874. The van der Waals surface area contributed by atoms with Gasteiger partial charge in [0.1, 0.15) is 0 Å². The van der Waals surface area contributed by atoms with Gasteiger partial charge < -0.3 is 10.2 Å². The van der Waals surface area contributed by atoms with E-state index in [1.165, 1.54) is 30.6 Å². The van der Waals surface area contributed by atoms with E-state index in [9.17, 15) is 15.0 Å². The zero-order chi connectivity index (χ0) is 14.9. The van der Waals surface area contributed by atoms with E-state index in [2.05, 4.69) is 6.07 Å². The molecular formula is C17H24O3S. The molecule has 2 aliphatic carbocycles. The van der Waals surface area contributed by atoms with Crippen molar-refractivity contribution in [2.45, 2.75) is 69.3 Å². The summed E-state index contributed by atoms with van der Waals surface area (Å²) in [4.78, 5) is 12.6. The lowest BCUT2D eigenvalue weighted by atomic mass is 9.78. The Morgan fingerprint density at radius 3 is 2.33 bits per heavy atom. The first-order valence-corrected chi connectivity index (χ1v) is 9.05. The molecule has 0 amide bonds. The maximum absolute atomic E-state index is 11.9. The van der Waals surface area contributed by atoms with Crippen LogP contribution in [-0.2, 0) is 10.4 Å². The molecule has 1 heterocycles. The lowest BCUT2D eigenvalue weighted by molar-refractivity contribution is -0.166. The van der Waals surface area contributed by atoms with Gasteiger partial charge >= 0.3 is 5.97 Å². The van der Waals surface area contributed by atoms with Crippen LogP contribution in [0.5, 0.6) is 0 Å². The first-order chi connectivity index (χ1) is 10.1. The fourth-order valence-electron chi connectivity index (χ4n) is 4.16. The van der Waals surface area contributed by atoms with E-state index in [0.29, 0.717) is 10.8 Å². The summed E-state index contributed by atoms with van der Waals surface area (Å²) in [5, 5.41) is 22.8. The molecule has 3 nitrogen and oxygen atoms in total. The first-order valence-electron chi connectivity index (χ1n) is 8.17. The largest absolute Gasteiger partial charge is 0.479 e. The minimum atomic E-state index is -1.67. The predicted molar refractivity (Wildman–Crippen MR) is 83.6 cm³/mol. The first kappa shape index (κ1) is 15.0. The number of hydrogen-bond donors (Lipinski definition) is 2. The number of aliphatic carboxylic acids is 1. The summed E-state index contributed by atoms with van der Waals surface area (Å²) >= 11 is 1.43. The molecule has 1 aromatic rings. The molecule has 2 fully saturated rings. The Labute approximate surface area is 130 Å². The Kier molecular flexibility index (Phi) is 4.36. The highest BCUT2D eigenvalue weighted by molar-refractivity contribution is 7.10. The van der Waals surface area contributed by atoms with Gasteiger partial charge in [0.25, 0.3) is 0 Å². The Morgan fingerprint density at radius 2 is 1.71 bits per heavy atom. The van der Waals surface area contributed by atoms with Gasteiger partial charge in [0, 0.05) is 5.92 Å². The Morgan fingerprint density at radius 1 is 1.10 bits per heavy atom. The normalized spacial score (nSPS) is 24.0. The Balaban J connectivity index is 1.96. The monoisotopic (exact) mass is 308 g/mol. The highest BCUT2D eigenvalue weighted by Gasteiger charge is 2.49. The average Bonchev–Trinajstić information content (AvgIpc) is 3.19. The van der Waals surface area contributed by atoms with Crippen molar-refractivity contribution < 1.29 is 15.0 Å². The van der Waals surface area contributed by atoms with Crippen LogP contribution in [-0.4, -0.2) is 16.2 Å². The van der Waals surface area contributed by atoms with Gasteiger partial charge in [-0.05, 0) is 48.6 Å². The number of hydrogen-bond acceptors (Lipinski definition) is 3. The lowest BCUT2D eigenvalue weighted by Gasteiger charge is -2.32. The van der Waals surface area contributed by atoms with Gasteiger partial charge in [0.15, 0.2) is 5.60 Å². The molecule has 0 bridgehead atoms. The molecular weight excluding hydrogens is 284 g/mol. The minimum absolute atomic E-state index is 0.129. The summed E-state index contributed by atoms with van der Waals surface area (Å²) in [6, 6.07) is 2.05. The summed E-state index contributed by atoms with van der Waals surface area (Å²) in [7, 11) is 0. The third kappa shape index (κ3) is 2.64. The van der Waals surface area contributed by atoms with Crippen LogP contribution < -0.4 is 0 Å². The molecule has 0 radical (unpaired) electrons. The highest BCUT2D eigenvalue weighted by atomic mass is 32.1. The number of aliphatic hydroxyl groups is 1. The average molecular weight is 308 g/mol. The SMILES string of the molecule is O=C(O)C(O)(c1sccc1C1CCCCC1)C1CCCC1. The van der Waals surface area contributed by atoms with Crippen LogP contribution in [0.2, 0.25) is 0 Å². The van der Waals surface area contributed by atoms with Crippen molar-refractivity contribution in [1.29, 1.82) is 0 Å². The molecule has 0 aliphatic heterocycles. The van der Waals surface area contributed by atoms with Gasteiger partial charge in [-0.3, -0.25) is 0 Å². The number of rotatable bonds is 4. The fraction of sp³-hybridized carbons (Fsp3) is 0.706. The second-order valence-corrected chi connectivity index (χ2v) is 7.51. The molecule has 2 N–H and O–H groups in total. The van der Waals surface area contributed by atoms with Crippen LogP contribution in [0.4, 0.5) is 0 Å². The van der Waals surface area contributed by atoms with Crippen LogP contribution in [0.1, 0.15) is 74.1 Å². The molecule has 1 atom stereocenters. The van der Waals surface area contributed by atoms with Crippen LogP contribution in [0.15, 0.2) is 11.4 Å². The summed E-state index contributed by atoms with van der Waals surface area (Å²) in [6.07, 6.45) is 9.68. The summed E-state index contributed by atoms with van der Waals surface area (Å²) in [6.45, 7) is 0. The topological polar surface area (TPSA) is 57.5 Å². The minimum Gasteiger partial charge on any atom is -0.479 e. The second-order valence-electron chi connectivity index (χ2n) is 6.59. The van der Waals surface area contributed by atoms with Gasteiger partial charge in [-0.15, -0.1) is 11.3 Å². The van der Waals surface area contributed by atoms with Gasteiger partial charge in [0.2, 0.25) is 0 Å². The standard InChI is InChI=1S/C17H24O3S/c18-16(19)17(20,13-8-4-5-9-13)15-14(10-11-21-15)12-6-2-1-3-7-12/h10-13,20H,1-9H2,(H,18,19). The highest BCUT2D eigenvalue weighted by Crippen LogP contribution is 2.47. The summed E-state index contributed by atoms with van der Waals surface area (Å²) in [5.41, 5.74) is -0.561. The lowest BCUT2D eigenvalue weighted by Crippen LogP contribution is -2.42.